The average Bonchev–Trinajstić information content (AvgIpc) is 3.48. The first kappa shape index (κ1) is 19.4. The van der Waals surface area contributed by atoms with Gasteiger partial charge in [-0.25, -0.2) is 4.98 Å². The molecule has 0 radical (unpaired) electrons. The molecule has 1 aliphatic heterocycles. The molecule has 2 amide bonds. The molecule has 1 atom stereocenters. The highest BCUT2D eigenvalue weighted by Gasteiger charge is 2.35. The SMILES string of the molecule is COc1ccc(N2C[C@@H](C(=O)Nc3nc(-c4cccs4)cs3)CC2=O)cc1OC. The molecule has 0 spiro atoms. The van der Waals surface area contributed by atoms with Crippen LogP contribution in [0.5, 0.6) is 11.5 Å². The lowest BCUT2D eigenvalue weighted by atomic mass is 10.1. The third-order valence-electron chi connectivity index (χ3n) is 4.68. The van der Waals surface area contributed by atoms with Crippen molar-refractivity contribution in [3.63, 3.8) is 0 Å². The van der Waals surface area contributed by atoms with E-state index in [0.29, 0.717) is 28.9 Å². The van der Waals surface area contributed by atoms with Gasteiger partial charge in [0.15, 0.2) is 16.6 Å². The zero-order valence-electron chi connectivity index (χ0n) is 15.9. The van der Waals surface area contributed by atoms with E-state index in [9.17, 15) is 9.59 Å². The van der Waals surface area contributed by atoms with Gasteiger partial charge in [-0.05, 0) is 23.6 Å². The number of anilines is 2. The number of nitrogens with zero attached hydrogens (tertiary/aromatic N) is 2. The van der Waals surface area contributed by atoms with E-state index in [0.717, 1.165) is 10.6 Å². The van der Waals surface area contributed by atoms with Gasteiger partial charge in [0.2, 0.25) is 11.8 Å². The number of carbonyl (C=O) groups is 2. The summed E-state index contributed by atoms with van der Waals surface area (Å²) >= 11 is 2.97. The second kappa shape index (κ2) is 8.22. The molecule has 1 saturated heterocycles. The van der Waals surface area contributed by atoms with Crippen LogP contribution >= 0.6 is 22.7 Å². The van der Waals surface area contributed by atoms with Crippen molar-refractivity contribution in [2.45, 2.75) is 6.42 Å². The number of methoxy groups -OCH3 is 2. The van der Waals surface area contributed by atoms with Crippen LogP contribution in [0, 0.1) is 5.92 Å². The van der Waals surface area contributed by atoms with Crippen LogP contribution in [0.3, 0.4) is 0 Å². The standard InChI is InChI=1S/C20H19N3O4S2/c1-26-15-6-5-13(9-16(15)27-2)23-10-12(8-18(23)24)19(25)22-20-21-14(11-29-20)17-4-3-7-28-17/h3-7,9,11-12H,8,10H2,1-2H3,(H,21,22,25)/t12-/m0/s1. The van der Waals surface area contributed by atoms with E-state index >= 15 is 0 Å². The van der Waals surface area contributed by atoms with Gasteiger partial charge >= 0.3 is 0 Å². The second-order valence-electron chi connectivity index (χ2n) is 6.45. The van der Waals surface area contributed by atoms with E-state index < -0.39 is 5.92 Å². The lowest BCUT2D eigenvalue weighted by Gasteiger charge is -2.18. The van der Waals surface area contributed by atoms with E-state index in [1.165, 1.54) is 11.3 Å². The highest BCUT2D eigenvalue weighted by molar-refractivity contribution is 7.16. The Balaban J connectivity index is 1.44. The molecule has 1 aliphatic rings. The van der Waals surface area contributed by atoms with E-state index in [-0.39, 0.29) is 18.2 Å². The van der Waals surface area contributed by atoms with E-state index in [1.54, 1.807) is 48.7 Å². The average molecular weight is 430 g/mol. The summed E-state index contributed by atoms with van der Waals surface area (Å²) in [5, 5.41) is 7.29. The molecule has 3 aromatic rings. The quantitative estimate of drug-likeness (QED) is 0.643. The second-order valence-corrected chi connectivity index (χ2v) is 8.25. The Bertz CT molecular complexity index is 1030. The summed E-state index contributed by atoms with van der Waals surface area (Å²) in [5.41, 5.74) is 1.52. The summed E-state index contributed by atoms with van der Waals surface area (Å²) in [4.78, 5) is 32.3. The summed E-state index contributed by atoms with van der Waals surface area (Å²) in [6.45, 7) is 0.309. The number of rotatable bonds is 6. The third-order valence-corrected chi connectivity index (χ3v) is 6.33. The van der Waals surface area contributed by atoms with E-state index in [2.05, 4.69) is 10.3 Å². The molecule has 7 nitrogen and oxygen atoms in total. The molecule has 1 aromatic carbocycles. The lowest BCUT2D eigenvalue weighted by Crippen LogP contribution is -2.28. The maximum atomic E-state index is 12.7. The Kier molecular flexibility index (Phi) is 5.50. The first-order valence-electron chi connectivity index (χ1n) is 8.91. The molecule has 0 bridgehead atoms. The minimum absolute atomic E-state index is 0.101. The van der Waals surface area contributed by atoms with Gasteiger partial charge in [0.25, 0.3) is 0 Å². The minimum Gasteiger partial charge on any atom is -0.493 e. The number of aromatic nitrogens is 1. The van der Waals surface area contributed by atoms with Crippen molar-refractivity contribution in [3.8, 4) is 22.1 Å². The molecule has 4 rings (SSSR count). The van der Waals surface area contributed by atoms with Crippen LogP contribution in [0.2, 0.25) is 0 Å². The molecule has 0 unspecified atom stereocenters. The summed E-state index contributed by atoms with van der Waals surface area (Å²) < 4.78 is 10.5. The molecule has 29 heavy (non-hydrogen) atoms. The van der Waals surface area contributed by atoms with Crippen LogP contribution < -0.4 is 19.7 Å². The van der Waals surface area contributed by atoms with Crippen molar-refractivity contribution in [2.24, 2.45) is 5.92 Å². The predicted molar refractivity (Wildman–Crippen MR) is 114 cm³/mol. The number of nitrogens with one attached hydrogen (secondary N) is 1. The molecule has 1 N–H and O–H groups in total. The summed E-state index contributed by atoms with van der Waals surface area (Å²) in [6, 6.07) is 9.22. The van der Waals surface area contributed by atoms with Crippen LogP contribution in [-0.4, -0.2) is 37.6 Å². The normalized spacial score (nSPS) is 16.1. The Morgan fingerprint density at radius 3 is 2.76 bits per heavy atom. The molecule has 150 valence electrons. The number of hydrogen-bond acceptors (Lipinski definition) is 7. The number of thiazole rings is 1. The van der Waals surface area contributed by atoms with Crippen molar-refractivity contribution >= 4 is 45.3 Å². The minimum atomic E-state index is -0.440. The van der Waals surface area contributed by atoms with Crippen LogP contribution in [-0.2, 0) is 9.59 Å². The van der Waals surface area contributed by atoms with Gasteiger partial charge < -0.3 is 19.7 Å². The zero-order chi connectivity index (χ0) is 20.4. The molecule has 0 saturated carbocycles. The van der Waals surface area contributed by atoms with Crippen LogP contribution in [0.1, 0.15) is 6.42 Å². The monoisotopic (exact) mass is 429 g/mol. The van der Waals surface area contributed by atoms with Crippen LogP contribution in [0.25, 0.3) is 10.6 Å². The topological polar surface area (TPSA) is 80.8 Å². The van der Waals surface area contributed by atoms with Crippen molar-refractivity contribution in [3.05, 3.63) is 41.1 Å². The molecular formula is C20H19N3O4S2. The maximum Gasteiger partial charge on any atom is 0.231 e. The van der Waals surface area contributed by atoms with Gasteiger partial charge in [-0.15, -0.1) is 22.7 Å². The van der Waals surface area contributed by atoms with Gasteiger partial charge in [0, 0.05) is 30.1 Å². The van der Waals surface area contributed by atoms with Gasteiger partial charge in [0.05, 0.1) is 30.7 Å². The van der Waals surface area contributed by atoms with Gasteiger partial charge in [-0.1, -0.05) is 6.07 Å². The van der Waals surface area contributed by atoms with Crippen molar-refractivity contribution in [1.82, 2.24) is 4.98 Å². The highest BCUT2D eigenvalue weighted by atomic mass is 32.1. The number of ether oxygens (including phenoxy) is 2. The molecule has 3 heterocycles. The Morgan fingerprint density at radius 1 is 1.21 bits per heavy atom. The molecular weight excluding hydrogens is 410 g/mol. The van der Waals surface area contributed by atoms with Crippen molar-refractivity contribution in [2.75, 3.05) is 31.0 Å². The lowest BCUT2D eigenvalue weighted by molar-refractivity contribution is -0.122. The number of carbonyl (C=O) groups excluding carboxylic acids is 2. The summed E-state index contributed by atoms with van der Waals surface area (Å²) in [5.74, 6) is 0.381. The number of benzene rings is 1. The van der Waals surface area contributed by atoms with E-state index in [4.69, 9.17) is 9.47 Å². The molecule has 1 fully saturated rings. The van der Waals surface area contributed by atoms with Crippen molar-refractivity contribution < 1.29 is 19.1 Å². The van der Waals surface area contributed by atoms with Crippen LogP contribution in [0.4, 0.5) is 10.8 Å². The Morgan fingerprint density at radius 2 is 2.03 bits per heavy atom. The van der Waals surface area contributed by atoms with Crippen molar-refractivity contribution in [1.29, 1.82) is 0 Å². The summed E-state index contributed by atoms with van der Waals surface area (Å²) in [7, 11) is 3.10. The van der Waals surface area contributed by atoms with Gasteiger partial charge in [-0.3, -0.25) is 9.59 Å². The molecule has 9 heteroatoms. The molecule has 0 aliphatic carbocycles. The summed E-state index contributed by atoms with van der Waals surface area (Å²) in [6.07, 6.45) is 0.156. The fraction of sp³-hybridized carbons (Fsp3) is 0.250. The largest absolute Gasteiger partial charge is 0.493 e. The Hall–Kier alpha value is -2.91. The molecule has 2 aromatic heterocycles. The van der Waals surface area contributed by atoms with E-state index in [1.807, 2.05) is 22.9 Å². The predicted octanol–water partition coefficient (Wildman–Crippen LogP) is 3.88. The zero-order valence-corrected chi connectivity index (χ0v) is 17.5. The fourth-order valence-corrected chi connectivity index (χ4v) is 4.68. The van der Waals surface area contributed by atoms with Gasteiger partial charge in [-0.2, -0.15) is 0 Å². The maximum absolute atomic E-state index is 12.7. The Labute approximate surface area is 175 Å². The number of hydrogen-bond donors (Lipinski definition) is 1. The van der Waals surface area contributed by atoms with Crippen LogP contribution in [0.15, 0.2) is 41.1 Å². The fourth-order valence-electron chi connectivity index (χ4n) is 3.20. The first-order chi connectivity index (χ1) is 14.1. The highest BCUT2D eigenvalue weighted by Crippen LogP contribution is 2.34. The third kappa shape index (κ3) is 3.96. The van der Waals surface area contributed by atoms with Gasteiger partial charge in [0.1, 0.15) is 0 Å². The smallest absolute Gasteiger partial charge is 0.231 e. The first-order valence-corrected chi connectivity index (χ1v) is 10.7. The number of thiophene rings is 1. The number of amides is 2.